The molecule has 1 heterocycles. The van der Waals surface area contributed by atoms with E-state index in [1.165, 1.54) is 71.4 Å². The lowest BCUT2D eigenvalue weighted by molar-refractivity contribution is 0.672. The molecule has 0 bridgehead atoms. The summed E-state index contributed by atoms with van der Waals surface area (Å²) in [6, 6.07) is 95.8. The van der Waals surface area contributed by atoms with Crippen LogP contribution in [-0.4, -0.2) is 0 Å². The maximum atomic E-state index is 6.63. The number of anilines is 3. The van der Waals surface area contributed by atoms with Gasteiger partial charge in [0, 0.05) is 33.0 Å². The average molecular weight is 878 g/mol. The van der Waals surface area contributed by atoms with E-state index in [-0.39, 0.29) is 0 Å². The quantitative estimate of drug-likeness (QED) is 0.148. The Morgan fingerprint density at radius 1 is 0.319 bits per heavy atom. The van der Waals surface area contributed by atoms with Gasteiger partial charge in [0.25, 0.3) is 0 Å². The van der Waals surface area contributed by atoms with Gasteiger partial charge >= 0.3 is 0 Å². The van der Waals surface area contributed by atoms with Crippen molar-refractivity contribution in [3.63, 3.8) is 0 Å². The number of rotatable bonds is 7. The van der Waals surface area contributed by atoms with Crippen LogP contribution in [0, 0.1) is 0 Å². The first-order valence-corrected chi connectivity index (χ1v) is 23.8. The number of para-hydroxylation sites is 1. The molecule has 0 saturated carbocycles. The summed E-state index contributed by atoms with van der Waals surface area (Å²) < 4.78 is 6.63. The molecule has 0 N–H and O–H groups in total. The predicted octanol–water partition coefficient (Wildman–Crippen LogP) is 18.2. The first-order valence-electron chi connectivity index (χ1n) is 23.8. The third-order valence-electron chi connectivity index (χ3n) is 14.7. The van der Waals surface area contributed by atoms with Crippen molar-refractivity contribution in [3.05, 3.63) is 283 Å². The van der Waals surface area contributed by atoms with Crippen LogP contribution in [0.5, 0.6) is 0 Å². The minimum Gasteiger partial charge on any atom is -0.455 e. The Morgan fingerprint density at radius 2 is 0.884 bits per heavy atom. The molecule has 2 nitrogen and oxygen atoms in total. The highest BCUT2D eigenvalue weighted by Gasteiger charge is 2.47. The Kier molecular flexibility index (Phi) is 8.84. The highest BCUT2D eigenvalue weighted by atomic mass is 16.3. The first-order chi connectivity index (χ1) is 34.2. The van der Waals surface area contributed by atoms with E-state index in [1.54, 1.807) is 0 Å². The molecule has 2 heteroatoms. The van der Waals surface area contributed by atoms with Gasteiger partial charge in [-0.05, 0) is 120 Å². The Morgan fingerprint density at radius 3 is 1.68 bits per heavy atom. The largest absolute Gasteiger partial charge is 0.455 e. The van der Waals surface area contributed by atoms with Crippen LogP contribution in [0.15, 0.2) is 265 Å². The maximum absolute atomic E-state index is 6.63. The van der Waals surface area contributed by atoms with E-state index in [4.69, 9.17) is 4.42 Å². The molecule has 14 rings (SSSR count). The zero-order chi connectivity index (χ0) is 45.5. The SMILES string of the molecule is c1ccc(C2(c3ccccc3)c3ccccc3-c3c(N(c4ccc(-c5ccc6c(ccc7ccccc76)c5)cc4)c4ccccc4-c4ccc5oc6c7ccccc7ccc6c5c4)cccc32)cc1. The zero-order valence-electron chi connectivity index (χ0n) is 37.7. The molecule has 1 aliphatic rings. The minimum absolute atomic E-state index is 0.543. The molecule has 0 saturated heterocycles. The van der Waals surface area contributed by atoms with E-state index >= 15 is 0 Å². The summed E-state index contributed by atoms with van der Waals surface area (Å²) in [5, 5.41) is 9.56. The van der Waals surface area contributed by atoms with E-state index in [9.17, 15) is 0 Å². The van der Waals surface area contributed by atoms with Gasteiger partial charge in [-0.25, -0.2) is 0 Å². The molecule has 12 aromatic carbocycles. The molecule has 0 amide bonds. The molecule has 0 spiro atoms. The number of hydrogen-bond acceptors (Lipinski definition) is 2. The summed E-state index contributed by atoms with van der Waals surface area (Å²) in [5.74, 6) is 0. The van der Waals surface area contributed by atoms with Crippen molar-refractivity contribution < 1.29 is 4.42 Å². The van der Waals surface area contributed by atoms with Crippen LogP contribution in [0.1, 0.15) is 22.3 Å². The van der Waals surface area contributed by atoms with Crippen LogP contribution in [0.4, 0.5) is 17.1 Å². The zero-order valence-corrected chi connectivity index (χ0v) is 37.7. The molecule has 13 aromatic rings. The van der Waals surface area contributed by atoms with Gasteiger partial charge in [0.1, 0.15) is 11.2 Å². The molecule has 0 unspecified atom stereocenters. The van der Waals surface area contributed by atoms with E-state index in [0.717, 1.165) is 55.5 Å². The van der Waals surface area contributed by atoms with E-state index in [0.29, 0.717) is 0 Å². The normalized spacial score (nSPS) is 12.8. The fourth-order valence-electron chi connectivity index (χ4n) is 11.6. The van der Waals surface area contributed by atoms with E-state index < -0.39 is 5.41 Å². The van der Waals surface area contributed by atoms with Crippen LogP contribution < -0.4 is 4.90 Å². The standard InChI is InChI=1S/C67H43NO/c1-3-18-50(19-4-1)67(51-20-5-2-6-21-51)60-26-13-11-25-58(60)65-61(67)27-15-29-63(65)68(52-37-32-44(33-38-52)47-35-39-54-48(42-47)31-30-45-16-7-9-22-53(45)54)62-28-14-12-23-55(62)49-36-41-64-59(43-49)57-40-34-46-17-8-10-24-56(46)66(57)69-64/h1-43H. The molecule has 69 heavy (non-hydrogen) atoms. The number of nitrogens with zero attached hydrogens (tertiary/aromatic N) is 1. The molecule has 1 aliphatic carbocycles. The lowest BCUT2D eigenvalue weighted by atomic mass is 9.68. The summed E-state index contributed by atoms with van der Waals surface area (Å²) in [6.07, 6.45) is 0. The van der Waals surface area contributed by atoms with E-state index in [2.05, 4.69) is 266 Å². The number of hydrogen-bond donors (Lipinski definition) is 0. The van der Waals surface area contributed by atoms with Crippen molar-refractivity contribution in [1.29, 1.82) is 0 Å². The van der Waals surface area contributed by atoms with Crippen molar-refractivity contribution >= 4 is 71.3 Å². The summed E-state index contributed by atoms with van der Waals surface area (Å²) in [7, 11) is 0. The molecular formula is C67H43NO. The van der Waals surface area contributed by atoms with Crippen LogP contribution in [0.25, 0.3) is 87.6 Å². The molecular weight excluding hydrogens is 835 g/mol. The lowest BCUT2D eigenvalue weighted by Crippen LogP contribution is -2.28. The van der Waals surface area contributed by atoms with Gasteiger partial charge in [-0.2, -0.15) is 0 Å². The van der Waals surface area contributed by atoms with Crippen LogP contribution in [0.3, 0.4) is 0 Å². The third-order valence-corrected chi connectivity index (χ3v) is 14.7. The second-order valence-electron chi connectivity index (χ2n) is 18.3. The third kappa shape index (κ3) is 5.99. The van der Waals surface area contributed by atoms with Crippen LogP contribution >= 0.6 is 0 Å². The molecule has 0 aliphatic heterocycles. The van der Waals surface area contributed by atoms with Crippen molar-refractivity contribution in [2.75, 3.05) is 4.90 Å². The maximum Gasteiger partial charge on any atom is 0.143 e. The van der Waals surface area contributed by atoms with E-state index in [1.807, 2.05) is 0 Å². The fourth-order valence-corrected chi connectivity index (χ4v) is 11.6. The highest BCUT2D eigenvalue weighted by molar-refractivity contribution is 6.16. The lowest BCUT2D eigenvalue weighted by Gasteiger charge is -2.34. The van der Waals surface area contributed by atoms with Gasteiger partial charge in [0.2, 0.25) is 0 Å². The van der Waals surface area contributed by atoms with Gasteiger partial charge in [0.05, 0.1) is 16.8 Å². The molecule has 0 radical (unpaired) electrons. The Balaban J connectivity index is 0.994. The highest BCUT2D eigenvalue weighted by Crippen LogP contribution is 2.60. The Hall–Kier alpha value is -8.98. The summed E-state index contributed by atoms with van der Waals surface area (Å²) in [5.41, 5.74) is 16.6. The summed E-state index contributed by atoms with van der Waals surface area (Å²) in [4.78, 5) is 2.50. The predicted molar refractivity (Wildman–Crippen MR) is 289 cm³/mol. The topological polar surface area (TPSA) is 16.4 Å². The molecule has 0 atom stereocenters. The van der Waals surface area contributed by atoms with Crippen molar-refractivity contribution in [2.24, 2.45) is 0 Å². The average Bonchev–Trinajstić information content (AvgIpc) is 3.96. The summed E-state index contributed by atoms with van der Waals surface area (Å²) in [6.45, 7) is 0. The van der Waals surface area contributed by atoms with Crippen molar-refractivity contribution in [2.45, 2.75) is 5.41 Å². The minimum atomic E-state index is -0.543. The number of benzene rings is 12. The van der Waals surface area contributed by atoms with Crippen LogP contribution in [-0.2, 0) is 5.41 Å². The van der Waals surface area contributed by atoms with Gasteiger partial charge < -0.3 is 9.32 Å². The van der Waals surface area contributed by atoms with Crippen LogP contribution in [0.2, 0.25) is 0 Å². The van der Waals surface area contributed by atoms with Gasteiger partial charge in [-0.3, -0.25) is 0 Å². The second-order valence-corrected chi connectivity index (χ2v) is 18.3. The monoisotopic (exact) mass is 877 g/mol. The summed E-state index contributed by atoms with van der Waals surface area (Å²) >= 11 is 0. The molecule has 1 aromatic heterocycles. The number of furan rings is 1. The Bertz CT molecular complexity index is 4090. The van der Waals surface area contributed by atoms with Gasteiger partial charge in [-0.15, -0.1) is 0 Å². The molecule has 0 fully saturated rings. The molecule has 322 valence electrons. The van der Waals surface area contributed by atoms with Crippen molar-refractivity contribution in [3.8, 4) is 33.4 Å². The van der Waals surface area contributed by atoms with Gasteiger partial charge in [-0.1, -0.05) is 212 Å². The second kappa shape index (κ2) is 15.6. The van der Waals surface area contributed by atoms with Crippen molar-refractivity contribution in [1.82, 2.24) is 0 Å². The van der Waals surface area contributed by atoms with Gasteiger partial charge in [0.15, 0.2) is 0 Å². The first kappa shape index (κ1) is 39.2. The Labute approximate surface area is 400 Å². The smallest absolute Gasteiger partial charge is 0.143 e. The fraction of sp³-hybridized carbons (Fsp3) is 0.0149. The number of fused-ring (bicyclic) bond motifs is 11.